The Morgan fingerprint density at radius 2 is 2.44 bits per heavy atom. The van der Waals surface area contributed by atoms with Crippen molar-refractivity contribution in [2.45, 2.75) is 25.8 Å². The minimum absolute atomic E-state index is 0.272. The highest BCUT2D eigenvalue weighted by Gasteiger charge is 2.24. The smallest absolute Gasteiger partial charge is 0.141 e. The Kier molecular flexibility index (Phi) is 3.72. The number of likely N-dealkylation sites (N-methyl/N-ethyl adjacent to an activating group) is 1. The van der Waals surface area contributed by atoms with E-state index in [0.717, 1.165) is 25.5 Å². The van der Waals surface area contributed by atoms with Crippen LogP contribution < -0.4 is 10.2 Å². The lowest BCUT2D eigenvalue weighted by Gasteiger charge is -2.25. The van der Waals surface area contributed by atoms with Gasteiger partial charge in [-0.05, 0) is 31.5 Å². The molecule has 1 aromatic rings. The molecule has 0 amide bonds. The normalized spacial score (nSPS) is 20.4. The van der Waals surface area contributed by atoms with Crippen LogP contribution in [0.25, 0.3) is 0 Å². The van der Waals surface area contributed by atoms with Gasteiger partial charge < -0.3 is 10.2 Å². The average Bonchev–Trinajstić information content (AvgIpc) is 2.75. The van der Waals surface area contributed by atoms with Crippen molar-refractivity contribution in [1.29, 1.82) is 0 Å². The molecule has 3 nitrogen and oxygen atoms in total. The van der Waals surface area contributed by atoms with E-state index in [1.165, 1.54) is 25.1 Å². The van der Waals surface area contributed by atoms with Gasteiger partial charge in [-0.3, -0.25) is 0 Å². The summed E-state index contributed by atoms with van der Waals surface area (Å²) in [7, 11) is 0. The summed E-state index contributed by atoms with van der Waals surface area (Å²) in [5.41, 5.74) is 0. The zero-order chi connectivity index (χ0) is 11.4. The number of rotatable bonds is 4. The third kappa shape index (κ3) is 2.50. The minimum Gasteiger partial charge on any atom is -0.352 e. The van der Waals surface area contributed by atoms with Crippen molar-refractivity contribution in [2.24, 2.45) is 0 Å². The lowest BCUT2D eigenvalue weighted by atomic mass is 10.2. The van der Waals surface area contributed by atoms with E-state index < -0.39 is 0 Å². The molecule has 1 atom stereocenters. The van der Waals surface area contributed by atoms with Gasteiger partial charge in [-0.15, -0.1) is 0 Å². The molecule has 1 saturated heterocycles. The molecule has 0 bridgehead atoms. The summed E-state index contributed by atoms with van der Waals surface area (Å²) in [4.78, 5) is 6.41. The third-order valence-electron chi connectivity index (χ3n) is 3.01. The van der Waals surface area contributed by atoms with Gasteiger partial charge in [-0.1, -0.05) is 6.92 Å². The lowest BCUT2D eigenvalue weighted by Crippen LogP contribution is -2.38. The number of hydrogen-bond donors (Lipinski definition) is 1. The van der Waals surface area contributed by atoms with E-state index in [9.17, 15) is 4.39 Å². The van der Waals surface area contributed by atoms with E-state index in [1.54, 1.807) is 6.07 Å². The number of halogens is 1. The maximum atomic E-state index is 12.8. The van der Waals surface area contributed by atoms with E-state index in [4.69, 9.17) is 0 Å². The molecule has 1 N–H and O–H groups in total. The average molecular weight is 223 g/mol. The molecular weight excluding hydrogens is 205 g/mol. The third-order valence-corrected chi connectivity index (χ3v) is 3.01. The molecule has 1 aliphatic rings. The van der Waals surface area contributed by atoms with Crippen LogP contribution in [-0.4, -0.2) is 30.7 Å². The van der Waals surface area contributed by atoms with Crippen molar-refractivity contribution in [3.8, 4) is 0 Å². The Hall–Kier alpha value is -1.16. The van der Waals surface area contributed by atoms with E-state index in [0.29, 0.717) is 6.04 Å². The van der Waals surface area contributed by atoms with Crippen LogP contribution in [0.1, 0.15) is 19.8 Å². The van der Waals surface area contributed by atoms with Crippen molar-refractivity contribution in [1.82, 2.24) is 10.3 Å². The summed E-state index contributed by atoms with van der Waals surface area (Å²) in [5.74, 6) is 0.619. The molecule has 0 spiro atoms. The number of pyridine rings is 1. The van der Waals surface area contributed by atoms with Gasteiger partial charge in [0, 0.05) is 19.1 Å². The lowest BCUT2D eigenvalue weighted by molar-refractivity contribution is 0.582. The van der Waals surface area contributed by atoms with Gasteiger partial charge in [0.05, 0.1) is 6.20 Å². The first-order valence-electron chi connectivity index (χ1n) is 5.90. The number of hydrogen-bond acceptors (Lipinski definition) is 3. The number of aromatic nitrogens is 1. The van der Waals surface area contributed by atoms with Crippen molar-refractivity contribution < 1.29 is 4.39 Å². The van der Waals surface area contributed by atoms with Crippen LogP contribution in [0.5, 0.6) is 0 Å². The summed E-state index contributed by atoms with van der Waals surface area (Å²) in [6, 6.07) is 3.74. The molecule has 1 fully saturated rings. The van der Waals surface area contributed by atoms with E-state index in [2.05, 4.69) is 22.1 Å². The fourth-order valence-corrected chi connectivity index (χ4v) is 2.20. The largest absolute Gasteiger partial charge is 0.352 e. The fraction of sp³-hybridized carbons (Fsp3) is 0.583. The van der Waals surface area contributed by atoms with Gasteiger partial charge in [0.1, 0.15) is 11.6 Å². The highest BCUT2D eigenvalue weighted by Crippen LogP contribution is 2.23. The first kappa shape index (κ1) is 11.3. The van der Waals surface area contributed by atoms with Crippen LogP contribution >= 0.6 is 0 Å². The number of nitrogens with zero attached hydrogens (tertiary/aromatic N) is 2. The van der Waals surface area contributed by atoms with Crippen molar-refractivity contribution >= 4 is 5.82 Å². The number of anilines is 1. The van der Waals surface area contributed by atoms with Gasteiger partial charge >= 0.3 is 0 Å². The van der Waals surface area contributed by atoms with Gasteiger partial charge in [0.25, 0.3) is 0 Å². The second-order valence-corrected chi connectivity index (χ2v) is 4.13. The molecular formula is C12H18FN3. The molecule has 88 valence electrons. The topological polar surface area (TPSA) is 28.2 Å². The van der Waals surface area contributed by atoms with Crippen LogP contribution in [0.2, 0.25) is 0 Å². The quantitative estimate of drug-likeness (QED) is 0.843. The van der Waals surface area contributed by atoms with Crippen molar-refractivity contribution in [2.75, 3.05) is 24.5 Å². The summed E-state index contributed by atoms with van der Waals surface area (Å²) in [6.45, 7) is 5.10. The van der Waals surface area contributed by atoms with Gasteiger partial charge in [-0.25, -0.2) is 9.37 Å². The second-order valence-electron chi connectivity index (χ2n) is 4.13. The highest BCUT2D eigenvalue weighted by atomic mass is 19.1. The van der Waals surface area contributed by atoms with Crippen LogP contribution in [0.4, 0.5) is 10.2 Å². The standard InChI is InChI=1S/C12H18FN3/c1-2-14-9-11-4-3-7-16(11)12-6-5-10(13)8-15-12/h5-6,8,11,14H,2-4,7,9H2,1H3. The number of nitrogens with one attached hydrogen (secondary N) is 1. The molecule has 0 aromatic carbocycles. The molecule has 0 aliphatic carbocycles. The maximum absolute atomic E-state index is 12.8. The molecule has 2 rings (SSSR count). The summed E-state index contributed by atoms with van der Waals surface area (Å²) >= 11 is 0. The zero-order valence-corrected chi connectivity index (χ0v) is 9.62. The molecule has 1 aromatic heterocycles. The molecule has 1 aliphatic heterocycles. The Balaban J connectivity index is 2.04. The summed E-state index contributed by atoms with van der Waals surface area (Å²) < 4.78 is 12.8. The highest BCUT2D eigenvalue weighted by molar-refractivity contribution is 5.40. The molecule has 16 heavy (non-hydrogen) atoms. The van der Waals surface area contributed by atoms with E-state index >= 15 is 0 Å². The minimum atomic E-state index is -0.272. The van der Waals surface area contributed by atoms with Crippen LogP contribution in [0.3, 0.4) is 0 Å². The zero-order valence-electron chi connectivity index (χ0n) is 9.62. The summed E-state index contributed by atoms with van der Waals surface area (Å²) in [5, 5.41) is 3.36. The maximum Gasteiger partial charge on any atom is 0.141 e. The molecule has 0 saturated carbocycles. The predicted molar refractivity (Wildman–Crippen MR) is 63.1 cm³/mol. The van der Waals surface area contributed by atoms with Gasteiger partial charge in [-0.2, -0.15) is 0 Å². The van der Waals surface area contributed by atoms with E-state index in [1.807, 2.05) is 0 Å². The predicted octanol–water partition coefficient (Wildman–Crippen LogP) is 1.80. The second kappa shape index (κ2) is 5.25. The molecule has 1 unspecified atom stereocenters. The Morgan fingerprint density at radius 1 is 1.56 bits per heavy atom. The molecule has 2 heterocycles. The van der Waals surface area contributed by atoms with Crippen molar-refractivity contribution in [3.05, 3.63) is 24.1 Å². The molecule has 0 radical (unpaired) electrons. The van der Waals surface area contributed by atoms with Crippen LogP contribution in [-0.2, 0) is 0 Å². The van der Waals surface area contributed by atoms with Gasteiger partial charge in [0.15, 0.2) is 0 Å². The van der Waals surface area contributed by atoms with Gasteiger partial charge in [0.2, 0.25) is 0 Å². The Labute approximate surface area is 95.7 Å². The molecule has 4 heteroatoms. The Bertz CT molecular complexity index is 326. The van der Waals surface area contributed by atoms with Crippen molar-refractivity contribution in [3.63, 3.8) is 0 Å². The monoisotopic (exact) mass is 223 g/mol. The Morgan fingerprint density at radius 3 is 3.12 bits per heavy atom. The van der Waals surface area contributed by atoms with Crippen LogP contribution in [0.15, 0.2) is 18.3 Å². The first-order chi connectivity index (χ1) is 7.81. The first-order valence-corrected chi connectivity index (χ1v) is 5.90. The fourth-order valence-electron chi connectivity index (χ4n) is 2.20. The van der Waals surface area contributed by atoms with Crippen LogP contribution in [0, 0.1) is 5.82 Å². The van der Waals surface area contributed by atoms with E-state index in [-0.39, 0.29) is 5.82 Å². The SMILES string of the molecule is CCNCC1CCCN1c1ccc(F)cn1. The summed E-state index contributed by atoms with van der Waals surface area (Å²) in [6.07, 6.45) is 3.67.